The van der Waals surface area contributed by atoms with Crippen LogP contribution in [0.2, 0.25) is 0 Å². The van der Waals surface area contributed by atoms with Gasteiger partial charge in [0.05, 0.1) is 27.4 Å². The molecule has 0 unspecified atom stereocenters. The van der Waals surface area contributed by atoms with E-state index in [4.69, 9.17) is 4.74 Å². The minimum Gasteiger partial charge on any atom is -1.00 e. The average molecular weight is 279 g/mol. The molecule has 19 heavy (non-hydrogen) atoms. The first kappa shape index (κ1) is 15.3. The van der Waals surface area contributed by atoms with Crippen LogP contribution < -0.4 is 26.6 Å². The van der Waals surface area contributed by atoms with Gasteiger partial charge in [-0.25, -0.2) is 4.57 Å². The highest BCUT2D eigenvalue weighted by Crippen LogP contribution is 2.12. The van der Waals surface area contributed by atoms with Gasteiger partial charge in [-0.15, -0.1) is 0 Å². The van der Waals surface area contributed by atoms with E-state index in [0.29, 0.717) is 0 Å². The molecule has 0 atom stereocenters. The highest BCUT2D eigenvalue weighted by Gasteiger charge is 2.10. The second-order valence-corrected chi connectivity index (χ2v) is 4.43. The Kier molecular flexibility index (Phi) is 5.64. The lowest BCUT2D eigenvalue weighted by Crippen LogP contribution is -3.00. The number of pyridine rings is 1. The Morgan fingerprint density at radius 1 is 1.05 bits per heavy atom. The predicted octanol–water partition coefficient (Wildman–Crippen LogP) is -0.899. The van der Waals surface area contributed by atoms with Crippen molar-refractivity contribution in [1.82, 2.24) is 0 Å². The van der Waals surface area contributed by atoms with Crippen LogP contribution in [0.15, 0.2) is 48.7 Å². The van der Waals surface area contributed by atoms with E-state index in [-0.39, 0.29) is 12.4 Å². The van der Waals surface area contributed by atoms with Gasteiger partial charge in [0.2, 0.25) is 0 Å². The number of hydrogen-bond acceptors (Lipinski definition) is 2. The number of nitrogens with zero attached hydrogens (tertiary/aromatic N) is 2. The number of rotatable bonds is 4. The van der Waals surface area contributed by atoms with E-state index in [0.717, 1.165) is 12.3 Å². The van der Waals surface area contributed by atoms with Gasteiger partial charge in [0.1, 0.15) is 12.3 Å². The summed E-state index contributed by atoms with van der Waals surface area (Å²) in [5.41, 5.74) is 1.26. The molecule has 2 aromatic rings. The van der Waals surface area contributed by atoms with Crippen LogP contribution in [0.5, 0.6) is 5.75 Å². The zero-order valence-corrected chi connectivity index (χ0v) is 12.3. The molecule has 1 heterocycles. The normalized spacial score (nSPS) is 9.63. The van der Waals surface area contributed by atoms with E-state index in [1.807, 2.05) is 12.1 Å². The lowest BCUT2D eigenvalue weighted by atomic mass is 10.2. The lowest BCUT2D eigenvalue weighted by Gasteiger charge is -2.11. The second kappa shape index (κ2) is 7.00. The molecule has 0 aliphatic carbocycles. The van der Waals surface area contributed by atoms with E-state index in [1.165, 1.54) is 11.4 Å². The summed E-state index contributed by atoms with van der Waals surface area (Å²) in [6, 6.07) is 14.4. The van der Waals surface area contributed by atoms with E-state index in [2.05, 4.69) is 60.1 Å². The van der Waals surface area contributed by atoms with Crippen molar-refractivity contribution in [3.63, 3.8) is 0 Å². The molecule has 0 spiro atoms. The van der Waals surface area contributed by atoms with Crippen molar-refractivity contribution in [3.05, 3.63) is 54.2 Å². The van der Waals surface area contributed by atoms with Gasteiger partial charge in [0.15, 0.2) is 0 Å². The molecule has 0 bridgehead atoms. The first-order valence-corrected chi connectivity index (χ1v) is 5.99. The molecule has 0 aliphatic heterocycles. The Bertz CT molecular complexity index is 512. The van der Waals surface area contributed by atoms with Crippen molar-refractivity contribution in [2.24, 2.45) is 0 Å². The predicted molar refractivity (Wildman–Crippen MR) is 73.1 cm³/mol. The van der Waals surface area contributed by atoms with Gasteiger partial charge in [-0.2, -0.15) is 0 Å². The summed E-state index contributed by atoms with van der Waals surface area (Å²) in [6.45, 7) is 0.859. The summed E-state index contributed by atoms with van der Waals surface area (Å²) in [7, 11) is 5.80. The van der Waals surface area contributed by atoms with E-state index < -0.39 is 0 Å². The zero-order valence-electron chi connectivity index (χ0n) is 11.5. The third kappa shape index (κ3) is 3.86. The van der Waals surface area contributed by atoms with Gasteiger partial charge in [-0.1, -0.05) is 18.2 Å². The van der Waals surface area contributed by atoms with Crippen LogP contribution in [0.1, 0.15) is 5.56 Å². The van der Waals surface area contributed by atoms with Gasteiger partial charge in [-0.05, 0) is 23.8 Å². The van der Waals surface area contributed by atoms with E-state index in [9.17, 15) is 0 Å². The van der Waals surface area contributed by atoms with Crippen LogP contribution >= 0.6 is 0 Å². The summed E-state index contributed by atoms with van der Waals surface area (Å²) < 4.78 is 7.39. The Morgan fingerprint density at radius 3 is 2.32 bits per heavy atom. The number of methoxy groups -OCH3 is 1. The summed E-state index contributed by atoms with van der Waals surface area (Å²) in [5, 5.41) is 0. The van der Waals surface area contributed by atoms with Crippen molar-refractivity contribution in [2.75, 3.05) is 26.1 Å². The highest BCUT2D eigenvalue weighted by atomic mass is 35.5. The fraction of sp³-hybridized carbons (Fsp3) is 0.267. The third-order valence-electron chi connectivity index (χ3n) is 2.89. The van der Waals surface area contributed by atoms with E-state index in [1.54, 1.807) is 7.11 Å². The molecule has 0 radical (unpaired) electrons. The van der Waals surface area contributed by atoms with Gasteiger partial charge in [0, 0.05) is 6.07 Å². The summed E-state index contributed by atoms with van der Waals surface area (Å²) in [4.78, 5) is 2.11. The maximum absolute atomic E-state index is 5.17. The van der Waals surface area contributed by atoms with Crippen molar-refractivity contribution in [3.8, 4) is 5.75 Å². The van der Waals surface area contributed by atoms with Crippen LogP contribution in [0.25, 0.3) is 0 Å². The fourth-order valence-electron chi connectivity index (χ4n) is 1.93. The topological polar surface area (TPSA) is 16.4 Å². The van der Waals surface area contributed by atoms with Crippen LogP contribution in [0, 0.1) is 0 Å². The smallest absolute Gasteiger partial charge is 0.276 e. The van der Waals surface area contributed by atoms with E-state index >= 15 is 0 Å². The maximum Gasteiger partial charge on any atom is 0.276 e. The van der Waals surface area contributed by atoms with Gasteiger partial charge >= 0.3 is 0 Å². The van der Waals surface area contributed by atoms with Crippen LogP contribution in [-0.4, -0.2) is 21.2 Å². The quantitative estimate of drug-likeness (QED) is 0.674. The maximum atomic E-state index is 5.17. The molecular weight excluding hydrogens is 260 g/mol. The molecule has 0 aliphatic rings. The minimum atomic E-state index is 0. The summed E-state index contributed by atoms with van der Waals surface area (Å²) >= 11 is 0. The lowest BCUT2D eigenvalue weighted by molar-refractivity contribution is -0.675. The molecular formula is C15H19ClN2O. The molecule has 0 saturated carbocycles. The molecule has 102 valence electrons. The number of hydrogen-bond donors (Lipinski definition) is 0. The molecule has 4 heteroatoms. The third-order valence-corrected chi connectivity index (χ3v) is 2.89. The van der Waals surface area contributed by atoms with Crippen LogP contribution in [0.4, 0.5) is 5.82 Å². The molecule has 3 nitrogen and oxygen atoms in total. The number of ether oxygens (including phenoxy) is 1. The fourth-order valence-corrected chi connectivity index (χ4v) is 1.93. The van der Waals surface area contributed by atoms with Crippen molar-refractivity contribution >= 4 is 5.82 Å². The zero-order chi connectivity index (χ0) is 13.0. The van der Waals surface area contributed by atoms with Crippen LogP contribution in [-0.2, 0) is 6.54 Å². The Morgan fingerprint density at radius 2 is 1.74 bits per heavy atom. The number of benzene rings is 1. The number of halogens is 1. The first-order valence-electron chi connectivity index (χ1n) is 5.99. The number of anilines is 1. The van der Waals surface area contributed by atoms with Crippen LogP contribution in [0.3, 0.4) is 0 Å². The minimum absolute atomic E-state index is 0. The standard InChI is InChI=1S/C15H19N2O.ClH/c1-16(2)15-6-4-5-11-17(15)12-13-7-9-14(18-3)10-8-13;/h4-11H,12H2,1-3H3;1H/q+1;/p-1. The van der Waals surface area contributed by atoms with Crippen molar-refractivity contribution in [2.45, 2.75) is 6.54 Å². The van der Waals surface area contributed by atoms with Gasteiger partial charge in [-0.3, -0.25) is 4.90 Å². The SMILES string of the molecule is COc1ccc(C[n+]2ccccc2N(C)C)cc1.[Cl-]. The molecule has 2 rings (SSSR count). The molecule has 0 N–H and O–H groups in total. The summed E-state index contributed by atoms with van der Waals surface area (Å²) in [6.07, 6.45) is 2.10. The average Bonchev–Trinajstić information content (AvgIpc) is 2.40. The molecule has 0 saturated heterocycles. The molecule has 0 fully saturated rings. The van der Waals surface area contributed by atoms with Crippen molar-refractivity contribution in [1.29, 1.82) is 0 Å². The molecule has 0 amide bonds. The van der Waals surface area contributed by atoms with Gasteiger partial charge < -0.3 is 17.1 Å². The number of aromatic nitrogens is 1. The Hall–Kier alpha value is -1.74. The Labute approximate surface area is 120 Å². The Balaban J connectivity index is 0.00000180. The van der Waals surface area contributed by atoms with Crippen molar-refractivity contribution < 1.29 is 21.7 Å². The molecule has 1 aromatic heterocycles. The summed E-state index contributed by atoms with van der Waals surface area (Å²) in [5.74, 6) is 2.08. The largest absolute Gasteiger partial charge is 1.00 e. The first-order chi connectivity index (χ1) is 8.70. The molecule has 1 aromatic carbocycles. The second-order valence-electron chi connectivity index (χ2n) is 4.43. The van der Waals surface area contributed by atoms with Gasteiger partial charge in [0.25, 0.3) is 5.82 Å². The highest BCUT2D eigenvalue weighted by molar-refractivity contribution is 5.30. The monoisotopic (exact) mass is 278 g/mol.